The van der Waals surface area contributed by atoms with Crippen molar-refractivity contribution in [3.63, 3.8) is 0 Å². The third kappa shape index (κ3) is 3.98. The van der Waals surface area contributed by atoms with E-state index in [1.54, 1.807) is 0 Å². The van der Waals surface area contributed by atoms with Gasteiger partial charge in [-0.25, -0.2) is 9.97 Å². The molecule has 2 heterocycles. The molecule has 0 atom stereocenters. The van der Waals surface area contributed by atoms with Gasteiger partial charge in [0.05, 0.1) is 6.54 Å². The first-order valence-corrected chi connectivity index (χ1v) is 7.33. The van der Waals surface area contributed by atoms with Crippen LogP contribution in [0.2, 0.25) is 0 Å². The molecule has 0 bridgehead atoms. The van der Waals surface area contributed by atoms with Crippen LogP contribution in [0.1, 0.15) is 45.0 Å². The Bertz CT molecular complexity index is 378. The molecule has 1 aliphatic heterocycles. The number of hydrogen-bond donors (Lipinski definition) is 0. The summed E-state index contributed by atoms with van der Waals surface area (Å²) in [5.74, 6) is 1.45. The highest BCUT2D eigenvalue weighted by Crippen LogP contribution is 2.12. The number of hydrogen-bond acceptors (Lipinski definition) is 4. The largest absolute Gasteiger partial charge is 0.298 e. The van der Waals surface area contributed by atoms with Gasteiger partial charge in [0.15, 0.2) is 0 Å². The second-order valence-electron chi connectivity index (χ2n) is 5.99. The molecule has 1 aromatic rings. The quantitative estimate of drug-likeness (QED) is 0.832. The van der Waals surface area contributed by atoms with Gasteiger partial charge < -0.3 is 0 Å². The van der Waals surface area contributed by atoms with Crippen LogP contribution in [-0.2, 0) is 6.54 Å². The number of nitrogens with zero attached hydrogens (tertiary/aromatic N) is 4. The van der Waals surface area contributed by atoms with E-state index in [0.29, 0.717) is 12.0 Å². The second-order valence-corrected chi connectivity index (χ2v) is 5.99. The zero-order valence-corrected chi connectivity index (χ0v) is 12.6. The predicted octanol–water partition coefficient (Wildman–Crippen LogP) is 2.13. The van der Waals surface area contributed by atoms with Crippen LogP contribution in [0.5, 0.6) is 0 Å². The molecule has 19 heavy (non-hydrogen) atoms. The van der Waals surface area contributed by atoms with Crippen molar-refractivity contribution < 1.29 is 0 Å². The Labute approximate surface area is 116 Å². The van der Waals surface area contributed by atoms with E-state index in [-0.39, 0.29) is 0 Å². The van der Waals surface area contributed by atoms with E-state index in [9.17, 15) is 0 Å². The molecule has 1 fully saturated rings. The van der Waals surface area contributed by atoms with Crippen molar-refractivity contribution in [1.29, 1.82) is 0 Å². The van der Waals surface area contributed by atoms with Gasteiger partial charge in [0, 0.05) is 44.6 Å². The van der Waals surface area contributed by atoms with Crippen molar-refractivity contribution in [1.82, 2.24) is 19.8 Å². The first-order valence-electron chi connectivity index (χ1n) is 7.33. The zero-order valence-electron chi connectivity index (χ0n) is 12.6. The Kier molecular flexibility index (Phi) is 4.88. The Hall–Kier alpha value is -1.00. The lowest BCUT2D eigenvalue weighted by Crippen LogP contribution is -2.48. The van der Waals surface area contributed by atoms with Crippen molar-refractivity contribution in [2.75, 3.05) is 26.2 Å². The molecule has 0 radical (unpaired) electrons. The number of aromatic nitrogens is 2. The van der Waals surface area contributed by atoms with Crippen molar-refractivity contribution in [2.45, 2.75) is 46.2 Å². The lowest BCUT2D eigenvalue weighted by atomic mass is 10.1. The van der Waals surface area contributed by atoms with Crippen LogP contribution in [0.3, 0.4) is 0 Å². The van der Waals surface area contributed by atoms with Gasteiger partial charge in [-0.15, -0.1) is 0 Å². The fourth-order valence-corrected chi connectivity index (χ4v) is 2.38. The van der Waals surface area contributed by atoms with Gasteiger partial charge in [-0.3, -0.25) is 9.80 Å². The lowest BCUT2D eigenvalue weighted by Gasteiger charge is -2.36. The molecule has 0 spiro atoms. The van der Waals surface area contributed by atoms with Gasteiger partial charge in [-0.2, -0.15) is 0 Å². The summed E-state index contributed by atoms with van der Waals surface area (Å²) in [5, 5.41) is 0. The number of rotatable bonds is 4. The molecule has 4 nitrogen and oxygen atoms in total. The molecule has 1 aromatic heterocycles. The minimum Gasteiger partial charge on any atom is -0.298 e. The van der Waals surface area contributed by atoms with E-state index in [0.717, 1.165) is 38.5 Å². The third-order valence-electron chi connectivity index (χ3n) is 3.89. The summed E-state index contributed by atoms with van der Waals surface area (Å²) in [5.41, 5.74) is 1.22. The molecule has 1 aliphatic rings. The highest BCUT2D eigenvalue weighted by Gasteiger charge is 2.19. The van der Waals surface area contributed by atoms with Crippen LogP contribution in [0.4, 0.5) is 0 Å². The Morgan fingerprint density at radius 3 is 2.05 bits per heavy atom. The minimum atomic E-state index is 0.503. The van der Waals surface area contributed by atoms with Gasteiger partial charge in [-0.1, -0.05) is 13.8 Å². The van der Waals surface area contributed by atoms with Gasteiger partial charge in [-0.05, 0) is 25.3 Å². The van der Waals surface area contributed by atoms with Crippen LogP contribution in [-0.4, -0.2) is 52.0 Å². The summed E-state index contributed by atoms with van der Waals surface area (Å²) in [4.78, 5) is 13.9. The number of piperazine rings is 1. The summed E-state index contributed by atoms with van der Waals surface area (Å²) in [7, 11) is 0. The van der Waals surface area contributed by atoms with E-state index in [2.05, 4.69) is 47.5 Å². The average molecular weight is 262 g/mol. The molecule has 1 saturated heterocycles. The van der Waals surface area contributed by atoms with Crippen LogP contribution >= 0.6 is 0 Å². The SMILES string of the molecule is CC(C)c1cnc(CN2CCN(C(C)C)CC2)nc1. The predicted molar refractivity (Wildman–Crippen MR) is 78.1 cm³/mol. The Balaban J connectivity index is 1.85. The zero-order chi connectivity index (χ0) is 13.8. The summed E-state index contributed by atoms with van der Waals surface area (Å²) in [6.07, 6.45) is 3.94. The molecule has 0 N–H and O–H groups in total. The maximum absolute atomic E-state index is 4.48. The summed E-state index contributed by atoms with van der Waals surface area (Å²) < 4.78 is 0. The maximum atomic E-state index is 4.48. The maximum Gasteiger partial charge on any atom is 0.142 e. The lowest BCUT2D eigenvalue weighted by molar-refractivity contribution is 0.102. The van der Waals surface area contributed by atoms with E-state index in [1.807, 2.05) is 12.4 Å². The molecule has 4 heteroatoms. The molecule has 0 aliphatic carbocycles. The van der Waals surface area contributed by atoms with Gasteiger partial charge in [0.25, 0.3) is 0 Å². The standard InChI is InChI=1S/C15H26N4/c1-12(2)14-9-16-15(17-10-14)11-18-5-7-19(8-6-18)13(3)4/h9-10,12-13H,5-8,11H2,1-4H3. The average Bonchev–Trinajstić information content (AvgIpc) is 2.40. The first kappa shape index (κ1) is 14.4. The topological polar surface area (TPSA) is 32.3 Å². The molecule has 0 saturated carbocycles. The smallest absolute Gasteiger partial charge is 0.142 e. The van der Waals surface area contributed by atoms with Gasteiger partial charge in [0.1, 0.15) is 5.82 Å². The molecule has 0 aromatic carbocycles. The summed E-state index contributed by atoms with van der Waals surface area (Å²) >= 11 is 0. The van der Waals surface area contributed by atoms with Crippen molar-refractivity contribution in [2.24, 2.45) is 0 Å². The van der Waals surface area contributed by atoms with E-state index in [1.165, 1.54) is 5.56 Å². The van der Waals surface area contributed by atoms with Crippen LogP contribution in [0.25, 0.3) is 0 Å². The minimum absolute atomic E-state index is 0.503. The highest BCUT2D eigenvalue weighted by atomic mass is 15.3. The monoisotopic (exact) mass is 262 g/mol. The molecule has 0 amide bonds. The second kappa shape index (κ2) is 6.44. The Morgan fingerprint density at radius 2 is 1.58 bits per heavy atom. The van der Waals surface area contributed by atoms with Crippen molar-refractivity contribution >= 4 is 0 Å². The van der Waals surface area contributed by atoms with E-state index >= 15 is 0 Å². The molecular weight excluding hydrogens is 236 g/mol. The first-order chi connectivity index (χ1) is 9.06. The molecule has 2 rings (SSSR count). The molecule has 0 unspecified atom stereocenters. The van der Waals surface area contributed by atoms with Crippen LogP contribution in [0.15, 0.2) is 12.4 Å². The van der Waals surface area contributed by atoms with Crippen molar-refractivity contribution in [3.8, 4) is 0 Å². The van der Waals surface area contributed by atoms with Gasteiger partial charge in [0.2, 0.25) is 0 Å². The van der Waals surface area contributed by atoms with Gasteiger partial charge >= 0.3 is 0 Å². The molecule has 106 valence electrons. The van der Waals surface area contributed by atoms with E-state index in [4.69, 9.17) is 0 Å². The Morgan fingerprint density at radius 1 is 1.00 bits per heavy atom. The fourth-order valence-electron chi connectivity index (χ4n) is 2.38. The van der Waals surface area contributed by atoms with Crippen molar-refractivity contribution in [3.05, 3.63) is 23.8 Å². The van der Waals surface area contributed by atoms with E-state index < -0.39 is 0 Å². The normalized spacial score (nSPS) is 18.4. The van der Waals surface area contributed by atoms with Crippen LogP contribution < -0.4 is 0 Å². The molecular formula is C15H26N4. The highest BCUT2D eigenvalue weighted by molar-refractivity contribution is 5.09. The fraction of sp³-hybridized carbons (Fsp3) is 0.733. The van der Waals surface area contributed by atoms with Crippen LogP contribution in [0, 0.1) is 0 Å². The summed E-state index contributed by atoms with van der Waals surface area (Å²) in [6, 6.07) is 0.656. The summed E-state index contributed by atoms with van der Waals surface area (Å²) in [6.45, 7) is 14.3. The third-order valence-corrected chi connectivity index (χ3v) is 3.89.